The van der Waals surface area contributed by atoms with Crippen LogP contribution < -0.4 is 4.74 Å². The maximum absolute atomic E-state index is 12.7. The van der Waals surface area contributed by atoms with Gasteiger partial charge in [-0.1, -0.05) is 15.9 Å². The van der Waals surface area contributed by atoms with Crippen LogP contribution in [0.4, 0.5) is 0 Å². The van der Waals surface area contributed by atoms with Crippen molar-refractivity contribution in [2.75, 3.05) is 13.7 Å². The van der Waals surface area contributed by atoms with Crippen LogP contribution in [-0.2, 0) is 16.0 Å². The van der Waals surface area contributed by atoms with E-state index < -0.39 is 5.97 Å². The Bertz CT molecular complexity index is 576. The van der Waals surface area contributed by atoms with Gasteiger partial charge in [0.05, 0.1) is 13.5 Å². The molecule has 0 bridgehead atoms. The lowest BCUT2D eigenvalue weighted by atomic mass is 9.97. The lowest BCUT2D eigenvalue weighted by molar-refractivity contribution is -0.139. The molecule has 5 nitrogen and oxygen atoms in total. The van der Waals surface area contributed by atoms with E-state index in [1.165, 1.54) is 0 Å². The van der Waals surface area contributed by atoms with Crippen molar-refractivity contribution in [3.05, 3.63) is 28.2 Å². The third-order valence-corrected chi connectivity index (χ3v) is 5.01. The average Bonchev–Trinajstić information content (AvgIpc) is 2.55. The third-order valence-electron chi connectivity index (χ3n) is 4.23. The number of hydrogen-bond donors (Lipinski definition) is 1. The Morgan fingerprint density at radius 1 is 1.39 bits per heavy atom. The van der Waals surface area contributed by atoms with E-state index in [-0.39, 0.29) is 18.4 Å². The predicted molar refractivity (Wildman–Crippen MR) is 90.6 cm³/mol. The Balaban J connectivity index is 2.06. The first-order valence-corrected chi connectivity index (χ1v) is 8.64. The molecule has 0 spiro atoms. The highest BCUT2D eigenvalue weighted by atomic mass is 79.9. The van der Waals surface area contributed by atoms with Gasteiger partial charge in [-0.3, -0.25) is 9.59 Å². The summed E-state index contributed by atoms with van der Waals surface area (Å²) < 4.78 is 6.09. The lowest BCUT2D eigenvalue weighted by Gasteiger charge is -2.36. The molecule has 0 aliphatic carbocycles. The Kier molecular flexibility index (Phi) is 6.45. The van der Waals surface area contributed by atoms with Gasteiger partial charge in [-0.05, 0) is 49.4 Å². The number of methoxy groups -OCH3 is 1. The zero-order valence-corrected chi connectivity index (χ0v) is 14.8. The van der Waals surface area contributed by atoms with Crippen molar-refractivity contribution in [3.8, 4) is 5.75 Å². The first-order chi connectivity index (χ1) is 11.0. The van der Waals surface area contributed by atoms with Gasteiger partial charge in [-0.15, -0.1) is 0 Å². The van der Waals surface area contributed by atoms with E-state index in [2.05, 4.69) is 15.9 Å². The summed E-state index contributed by atoms with van der Waals surface area (Å²) in [6.07, 6.45) is 3.85. The highest BCUT2D eigenvalue weighted by Crippen LogP contribution is 2.26. The minimum atomic E-state index is -0.807. The van der Waals surface area contributed by atoms with Gasteiger partial charge in [0.15, 0.2) is 0 Å². The van der Waals surface area contributed by atoms with Crippen LogP contribution in [0.1, 0.15) is 37.7 Å². The molecule has 1 N–H and O–H groups in total. The van der Waals surface area contributed by atoms with Crippen LogP contribution in [0, 0.1) is 0 Å². The molecule has 0 radical (unpaired) electrons. The maximum Gasteiger partial charge on any atom is 0.303 e. The minimum Gasteiger partial charge on any atom is -0.497 e. The summed E-state index contributed by atoms with van der Waals surface area (Å²) in [5, 5.41) is 8.87. The molecule has 0 aromatic heterocycles. The number of carboxylic acids is 1. The average molecular weight is 384 g/mol. The van der Waals surface area contributed by atoms with Crippen LogP contribution in [0.25, 0.3) is 0 Å². The summed E-state index contributed by atoms with van der Waals surface area (Å²) in [5.74, 6) is -0.0374. The quantitative estimate of drug-likeness (QED) is 0.818. The predicted octanol–water partition coefficient (Wildman–Crippen LogP) is 3.25. The third kappa shape index (κ3) is 4.96. The second-order valence-corrected chi connectivity index (χ2v) is 6.66. The Hall–Kier alpha value is -1.56. The van der Waals surface area contributed by atoms with E-state index in [0.29, 0.717) is 19.4 Å². The number of rotatable bonds is 6. The summed E-state index contributed by atoms with van der Waals surface area (Å²) in [7, 11) is 1.60. The minimum absolute atomic E-state index is 0.0386. The van der Waals surface area contributed by atoms with E-state index in [1.54, 1.807) is 7.11 Å². The van der Waals surface area contributed by atoms with Gasteiger partial charge in [0.2, 0.25) is 5.91 Å². The van der Waals surface area contributed by atoms with Gasteiger partial charge in [-0.25, -0.2) is 0 Å². The highest BCUT2D eigenvalue weighted by Gasteiger charge is 2.27. The molecule has 6 heteroatoms. The van der Waals surface area contributed by atoms with Crippen molar-refractivity contribution in [3.63, 3.8) is 0 Å². The van der Waals surface area contributed by atoms with Gasteiger partial charge < -0.3 is 14.7 Å². The largest absolute Gasteiger partial charge is 0.497 e. The molecule has 126 valence electrons. The fraction of sp³-hybridized carbons (Fsp3) is 0.529. The summed E-state index contributed by atoms with van der Waals surface area (Å²) >= 11 is 3.47. The zero-order valence-electron chi connectivity index (χ0n) is 13.3. The van der Waals surface area contributed by atoms with Crippen molar-refractivity contribution < 1.29 is 19.4 Å². The molecular formula is C17H22BrNO4. The Morgan fingerprint density at radius 3 is 2.87 bits per heavy atom. The van der Waals surface area contributed by atoms with E-state index in [9.17, 15) is 9.59 Å². The number of nitrogens with zero attached hydrogens (tertiary/aromatic N) is 1. The fourth-order valence-corrected chi connectivity index (χ4v) is 3.38. The maximum atomic E-state index is 12.7. The summed E-state index contributed by atoms with van der Waals surface area (Å²) in [6.45, 7) is 0.713. The second-order valence-electron chi connectivity index (χ2n) is 5.80. The van der Waals surface area contributed by atoms with Crippen LogP contribution in [0.5, 0.6) is 5.75 Å². The molecule has 1 atom stereocenters. The SMILES string of the molecule is COc1ccc(Br)c(CC(=O)N2CCCCC2CCC(=O)O)c1. The van der Waals surface area contributed by atoms with Gasteiger partial charge in [0.1, 0.15) is 5.75 Å². The first-order valence-electron chi connectivity index (χ1n) is 7.85. The van der Waals surface area contributed by atoms with Crippen molar-refractivity contribution >= 4 is 27.8 Å². The summed E-state index contributed by atoms with van der Waals surface area (Å²) in [6, 6.07) is 5.61. The van der Waals surface area contributed by atoms with Crippen LogP contribution in [-0.4, -0.2) is 41.6 Å². The van der Waals surface area contributed by atoms with Crippen molar-refractivity contribution in [2.24, 2.45) is 0 Å². The number of piperidine rings is 1. The number of carbonyl (C=O) groups is 2. The number of amides is 1. The van der Waals surface area contributed by atoms with Gasteiger partial charge in [-0.2, -0.15) is 0 Å². The van der Waals surface area contributed by atoms with Crippen LogP contribution in [0.3, 0.4) is 0 Å². The lowest BCUT2D eigenvalue weighted by Crippen LogP contribution is -2.44. The van der Waals surface area contributed by atoms with E-state index in [1.807, 2.05) is 23.1 Å². The van der Waals surface area contributed by atoms with Gasteiger partial charge in [0, 0.05) is 23.5 Å². The van der Waals surface area contributed by atoms with Crippen LogP contribution in [0.15, 0.2) is 22.7 Å². The summed E-state index contributed by atoms with van der Waals surface area (Å²) in [5.41, 5.74) is 0.886. The fourth-order valence-electron chi connectivity index (χ4n) is 3.00. The topological polar surface area (TPSA) is 66.8 Å². The molecule has 1 aromatic carbocycles. The molecule has 1 amide bonds. The molecule has 1 saturated heterocycles. The molecule has 0 saturated carbocycles. The normalized spacial score (nSPS) is 17.8. The monoisotopic (exact) mass is 383 g/mol. The standard InChI is InChI=1S/C17H22BrNO4/c1-23-14-6-7-15(18)12(10-14)11-16(20)19-9-3-2-4-13(19)5-8-17(21)22/h6-7,10,13H,2-5,8-9,11H2,1H3,(H,21,22). The zero-order chi connectivity index (χ0) is 16.8. The number of carbonyl (C=O) groups excluding carboxylic acids is 1. The molecule has 1 aliphatic heterocycles. The first kappa shape index (κ1) is 17.8. The molecule has 23 heavy (non-hydrogen) atoms. The molecule has 1 heterocycles. The highest BCUT2D eigenvalue weighted by molar-refractivity contribution is 9.10. The second kappa shape index (κ2) is 8.34. The number of ether oxygens (including phenoxy) is 1. The molecular weight excluding hydrogens is 362 g/mol. The number of benzene rings is 1. The Labute approximate surface area is 144 Å². The summed E-state index contributed by atoms with van der Waals surface area (Å²) in [4.78, 5) is 25.4. The number of aliphatic carboxylic acids is 1. The van der Waals surface area contributed by atoms with E-state index >= 15 is 0 Å². The van der Waals surface area contributed by atoms with Crippen LogP contribution in [0.2, 0.25) is 0 Å². The van der Waals surface area contributed by atoms with Crippen molar-refractivity contribution in [1.82, 2.24) is 4.90 Å². The van der Waals surface area contributed by atoms with E-state index in [4.69, 9.17) is 9.84 Å². The van der Waals surface area contributed by atoms with Gasteiger partial charge in [0.25, 0.3) is 0 Å². The molecule has 1 unspecified atom stereocenters. The molecule has 2 rings (SSSR count). The molecule has 1 fully saturated rings. The number of halogens is 1. The number of carboxylic acid groups (broad SMARTS) is 1. The number of likely N-dealkylation sites (tertiary alicyclic amines) is 1. The van der Waals surface area contributed by atoms with Crippen molar-refractivity contribution in [1.29, 1.82) is 0 Å². The smallest absolute Gasteiger partial charge is 0.303 e. The number of hydrogen-bond acceptors (Lipinski definition) is 3. The molecule has 1 aliphatic rings. The Morgan fingerprint density at radius 2 is 2.17 bits per heavy atom. The van der Waals surface area contributed by atoms with Gasteiger partial charge >= 0.3 is 5.97 Å². The van der Waals surface area contributed by atoms with Crippen LogP contribution >= 0.6 is 15.9 Å². The van der Waals surface area contributed by atoms with E-state index in [0.717, 1.165) is 35.0 Å². The van der Waals surface area contributed by atoms with Crippen molar-refractivity contribution in [2.45, 2.75) is 44.6 Å². The molecule has 1 aromatic rings.